The highest BCUT2D eigenvalue weighted by Crippen LogP contribution is 2.28. The van der Waals surface area contributed by atoms with E-state index in [1.54, 1.807) is 32.4 Å². The zero-order chi connectivity index (χ0) is 21.8. The minimum atomic E-state index is -0.198. The van der Waals surface area contributed by atoms with Crippen LogP contribution in [0.3, 0.4) is 0 Å². The number of thioether (sulfide) groups is 1. The molecule has 11 heteroatoms. The van der Waals surface area contributed by atoms with E-state index in [1.165, 1.54) is 32.9 Å². The van der Waals surface area contributed by atoms with Crippen molar-refractivity contribution in [1.29, 1.82) is 0 Å². The number of nitrogens with zero attached hydrogens (tertiary/aromatic N) is 5. The smallest absolute Gasteiger partial charge is 0.265 e. The first-order valence-electron chi connectivity index (χ1n) is 9.40. The molecule has 0 spiro atoms. The van der Waals surface area contributed by atoms with Gasteiger partial charge in [0.1, 0.15) is 4.88 Å². The Morgan fingerprint density at radius 1 is 1.27 bits per heavy atom. The Balaban J connectivity index is 1.67. The van der Waals surface area contributed by atoms with E-state index in [-0.39, 0.29) is 17.6 Å². The van der Waals surface area contributed by atoms with Gasteiger partial charge in [0.05, 0.1) is 11.4 Å². The molecule has 0 aliphatic carbocycles. The average Bonchev–Trinajstić information content (AvgIpc) is 3.38. The molecule has 0 saturated carbocycles. The molecule has 160 valence electrons. The summed E-state index contributed by atoms with van der Waals surface area (Å²) in [5.41, 5.74) is 1.66. The molecular formula is C19H24N6O2S3. The largest absolute Gasteiger partial charge is 0.344 e. The predicted molar refractivity (Wildman–Crippen MR) is 123 cm³/mol. The summed E-state index contributed by atoms with van der Waals surface area (Å²) in [6.07, 6.45) is 0.939. The fourth-order valence-corrected chi connectivity index (χ4v) is 5.18. The van der Waals surface area contributed by atoms with Crippen LogP contribution in [-0.4, -0.2) is 56.3 Å². The van der Waals surface area contributed by atoms with Crippen molar-refractivity contribution in [2.75, 3.05) is 25.2 Å². The Morgan fingerprint density at radius 2 is 2.03 bits per heavy atom. The van der Waals surface area contributed by atoms with Crippen molar-refractivity contribution < 1.29 is 9.59 Å². The standard InChI is InChI=1S/C19H24N6O2S3/c1-6-7-25-16(13-8-11(2)28-9-13)22-23-19(25)29-10-14(26)21-18-20-12(3)15(30-18)17(27)24(4)5/h8-9H,6-7,10H2,1-5H3,(H,20,21,26). The number of hydrogen-bond donors (Lipinski definition) is 1. The fourth-order valence-electron chi connectivity index (χ4n) is 2.73. The topological polar surface area (TPSA) is 93.0 Å². The first kappa shape index (κ1) is 22.4. The van der Waals surface area contributed by atoms with Gasteiger partial charge in [-0.05, 0) is 26.3 Å². The molecular weight excluding hydrogens is 440 g/mol. The number of carbonyl (C=O) groups is 2. The van der Waals surface area contributed by atoms with Gasteiger partial charge in [-0.25, -0.2) is 4.98 Å². The van der Waals surface area contributed by atoms with Gasteiger partial charge >= 0.3 is 0 Å². The molecule has 1 N–H and O–H groups in total. The van der Waals surface area contributed by atoms with Crippen molar-refractivity contribution in [2.24, 2.45) is 0 Å². The molecule has 0 atom stereocenters. The summed E-state index contributed by atoms with van der Waals surface area (Å²) in [6.45, 7) is 6.70. The van der Waals surface area contributed by atoms with Crippen LogP contribution in [0.1, 0.15) is 33.6 Å². The normalized spacial score (nSPS) is 11.0. The third-order valence-electron chi connectivity index (χ3n) is 4.13. The van der Waals surface area contributed by atoms with Gasteiger partial charge in [-0.2, -0.15) is 0 Å². The predicted octanol–water partition coefficient (Wildman–Crippen LogP) is 3.92. The maximum Gasteiger partial charge on any atom is 0.265 e. The van der Waals surface area contributed by atoms with Crippen molar-refractivity contribution in [3.63, 3.8) is 0 Å². The zero-order valence-electron chi connectivity index (χ0n) is 17.6. The van der Waals surface area contributed by atoms with E-state index in [2.05, 4.69) is 50.4 Å². The molecule has 0 aliphatic heterocycles. The number of nitrogens with one attached hydrogen (secondary N) is 1. The lowest BCUT2D eigenvalue weighted by Crippen LogP contribution is -2.21. The van der Waals surface area contributed by atoms with Crippen LogP contribution in [0.15, 0.2) is 16.6 Å². The van der Waals surface area contributed by atoms with Gasteiger partial charge in [-0.1, -0.05) is 30.0 Å². The summed E-state index contributed by atoms with van der Waals surface area (Å²) in [5.74, 6) is 0.687. The molecule has 2 amide bonds. The molecule has 0 unspecified atom stereocenters. The summed E-state index contributed by atoms with van der Waals surface area (Å²) < 4.78 is 2.06. The molecule has 30 heavy (non-hydrogen) atoms. The Labute approximate surface area is 187 Å². The molecule has 0 aliphatic rings. The van der Waals surface area contributed by atoms with E-state index in [4.69, 9.17) is 0 Å². The number of hydrogen-bond acceptors (Lipinski definition) is 8. The van der Waals surface area contributed by atoms with Crippen molar-refractivity contribution in [1.82, 2.24) is 24.6 Å². The third-order valence-corrected chi connectivity index (χ3v) is 7.02. The van der Waals surface area contributed by atoms with Crippen LogP contribution in [0.2, 0.25) is 0 Å². The molecule has 8 nitrogen and oxygen atoms in total. The molecule has 0 fully saturated rings. The van der Waals surface area contributed by atoms with Gasteiger partial charge in [-0.3, -0.25) is 9.59 Å². The van der Waals surface area contributed by atoms with E-state index in [9.17, 15) is 9.59 Å². The summed E-state index contributed by atoms with van der Waals surface area (Å²) in [5, 5.41) is 14.6. The number of aromatic nitrogens is 4. The molecule has 3 heterocycles. The summed E-state index contributed by atoms with van der Waals surface area (Å²) in [7, 11) is 3.38. The number of amides is 2. The van der Waals surface area contributed by atoms with Crippen molar-refractivity contribution in [2.45, 2.75) is 38.9 Å². The van der Waals surface area contributed by atoms with Crippen LogP contribution in [0, 0.1) is 13.8 Å². The lowest BCUT2D eigenvalue weighted by atomic mass is 10.3. The highest BCUT2D eigenvalue weighted by Gasteiger charge is 2.19. The SMILES string of the molecule is CCCn1c(SCC(=O)Nc2nc(C)c(C(=O)N(C)C)s2)nnc1-c1csc(C)c1. The summed E-state index contributed by atoms with van der Waals surface area (Å²) >= 11 is 4.20. The van der Waals surface area contributed by atoms with Crippen LogP contribution < -0.4 is 5.32 Å². The van der Waals surface area contributed by atoms with Crippen LogP contribution in [0.4, 0.5) is 5.13 Å². The van der Waals surface area contributed by atoms with E-state index < -0.39 is 0 Å². The van der Waals surface area contributed by atoms with Crippen LogP contribution >= 0.6 is 34.4 Å². The van der Waals surface area contributed by atoms with Crippen LogP contribution in [0.25, 0.3) is 11.4 Å². The quantitative estimate of drug-likeness (QED) is 0.508. The highest BCUT2D eigenvalue weighted by atomic mass is 32.2. The second-order valence-electron chi connectivity index (χ2n) is 6.87. The average molecular weight is 465 g/mol. The minimum Gasteiger partial charge on any atom is -0.344 e. The highest BCUT2D eigenvalue weighted by molar-refractivity contribution is 7.99. The molecule has 3 aromatic heterocycles. The lowest BCUT2D eigenvalue weighted by molar-refractivity contribution is -0.113. The zero-order valence-corrected chi connectivity index (χ0v) is 20.0. The number of rotatable bonds is 8. The van der Waals surface area contributed by atoms with E-state index in [1.807, 2.05) is 0 Å². The Kier molecular flexibility index (Phi) is 7.27. The number of aryl methyl sites for hydroxylation is 2. The second kappa shape index (κ2) is 9.71. The van der Waals surface area contributed by atoms with Crippen molar-refractivity contribution >= 4 is 51.4 Å². The van der Waals surface area contributed by atoms with E-state index in [0.29, 0.717) is 20.9 Å². The van der Waals surface area contributed by atoms with Gasteiger partial charge in [0.15, 0.2) is 16.1 Å². The first-order valence-corrected chi connectivity index (χ1v) is 12.1. The first-order chi connectivity index (χ1) is 14.3. The summed E-state index contributed by atoms with van der Waals surface area (Å²) in [6, 6.07) is 2.10. The van der Waals surface area contributed by atoms with Gasteiger partial charge in [-0.15, -0.1) is 21.5 Å². The molecule has 0 saturated heterocycles. The van der Waals surface area contributed by atoms with E-state index >= 15 is 0 Å². The second-order valence-corrected chi connectivity index (χ2v) is 9.93. The molecule has 3 rings (SSSR count). The minimum absolute atomic E-state index is 0.122. The van der Waals surface area contributed by atoms with Gasteiger partial charge < -0.3 is 14.8 Å². The van der Waals surface area contributed by atoms with Gasteiger partial charge in [0.25, 0.3) is 5.91 Å². The number of thiazole rings is 1. The Morgan fingerprint density at radius 3 is 2.67 bits per heavy atom. The Hall–Kier alpha value is -2.24. The molecule has 3 aromatic rings. The molecule has 0 bridgehead atoms. The van der Waals surface area contributed by atoms with Gasteiger partial charge in [0.2, 0.25) is 5.91 Å². The molecule has 0 radical (unpaired) electrons. The summed E-state index contributed by atoms with van der Waals surface area (Å²) in [4.78, 5) is 32.1. The van der Waals surface area contributed by atoms with Crippen molar-refractivity contribution in [3.05, 3.63) is 26.9 Å². The Bertz CT molecular complexity index is 1050. The molecule has 0 aromatic carbocycles. The monoisotopic (exact) mass is 464 g/mol. The van der Waals surface area contributed by atoms with Crippen LogP contribution in [-0.2, 0) is 11.3 Å². The fraction of sp³-hybridized carbons (Fsp3) is 0.421. The maximum atomic E-state index is 12.4. The maximum absolute atomic E-state index is 12.4. The van der Waals surface area contributed by atoms with Gasteiger partial charge in [0, 0.05) is 36.5 Å². The van der Waals surface area contributed by atoms with Crippen LogP contribution in [0.5, 0.6) is 0 Å². The number of thiophene rings is 1. The number of carbonyl (C=O) groups excluding carboxylic acids is 2. The number of anilines is 1. The van der Waals surface area contributed by atoms with Crippen molar-refractivity contribution in [3.8, 4) is 11.4 Å². The third kappa shape index (κ3) is 5.08. The lowest BCUT2D eigenvalue weighted by Gasteiger charge is -2.08. The van der Waals surface area contributed by atoms with E-state index in [0.717, 1.165) is 24.4 Å².